The highest BCUT2D eigenvalue weighted by molar-refractivity contribution is 5.79. The molecule has 0 saturated carbocycles. The second-order valence-corrected chi connectivity index (χ2v) is 7.44. The average molecular weight is 393 g/mol. The number of guanidine groups is 1. The van der Waals surface area contributed by atoms with E-state index in [9.17, 15) is 0 Å². The number of benzene rings is 1. The van der Waals surface area contributed by atoms with E-state index in [1.807, 2.05) is 0 Å². The molecule has 0 aliphatic carbocycles. The molecule has 0 saturated heterocycles. The van der Waals surface area contributed by atoms with Crippen LogP contribution in [0.15, 0.2) is 23.2 Å². The molecule has 2 N–H and O–H groups in total. The largest absolute Gasteiger partial charge is 0.493 e. The summed E-state index contributed by atoms with van der Waals surface area (Å²) in [6.45, 7) is 10.6. The molecule has 0 unspecified atom stereocenters. The number of hydrogen-bond donors (Lipinski definition) is 2. The SMILES string of the molecule is CN=C(NCCCCN(C)C(C)C)NCc1ccc(C)cc1OCCCOC. The Kier molecular flexibility index (Phi) is 12.3. The van der Waals surface area contributed by atoms with Gasteiger partial charge in [0.25, 0.3) is 0 Å². The van der Waals surface area contributed by atoms with Gasteiger partial charge in [0.15, 0.2) is 5.96 Å². The fourth-order valence-corrected chi connectivity index (χ4v) is 2.68. The van der Waals surface area contributed by atoms with Crippen LogP contribution in [0, 0.1) is 6.92 Å². The molecule has 0 aliphatic rings. The minimum Gasteiger partial charge on any atom is -0.493 e. The molecular formula is C22H40N4O2. The van der Waals surface area contributed by atoms with Crippen molar-refractivity contribution in [2.24, 2.45) is 4.99 Å². The minimum atomic E-state index is 0.600. The maximum Gasteiger partial charge on any atom is 0.191 e. The number of aryl methyl sites for hydroxylation is 1. The molecule has 1 aromatic carbocycles. The van der Waals surface area contributed by atoms with Crippen molar-refractivity contribution in [3.8, 4) is 5.75 Å². The maximum absolute atomic E-state index is 5.96. The Hall–Kier alpha value is -1.79. The third-order valence-corrected chi connectivity index (χ3v) is 4.75. The van der Waals surface area contributed by atoms with Gasteiger partial charge in [-0.3, -0.25) is 4.99 Å². The van der Waals surface area contributed by atoms with E-state index in [2.05, 4.69) is 66.5 Å². The average Bonchev–Trinajstić information content (AvgIpc) is 2.68. The molecule has 0 heterocycles. The first-order chi connectivity index (χ1) is 13.5. The third kappa shape index (κ3) is 9.95. The van der Waals surface area contributed by atoms with E-state index in [-0.39, 0.29) is 0 Å². The van der Waals surface area contributed by atoms with Gasteiger partial charge in [-0.25, -0.2) is 0 Å². The van der Waals surface area contributed by atoms with Gasteiger partial charge in [0.2, 0.25) is 0 Å². The summed E-state index contributed by atoms with van der Waals surface area (Å²) in [5.74, 6) is 1.75. The summed E-state index contributed by atoms with van der Waals surface area (Å²) in [7, 11) is 5.69. The van der Waals surface area contributed by atoms with Crippen LogP contribution in [-0.2, 0) is 11.3 Å². The Labute approximate surface area is 171 Å². The summed E-state index contributed by atoms with van der Waals surface area (Å²) in [4.78, 5) is 6.70. The molecule has 0 aromatic heterocycles. The van der Waals surface area contributed by atoms with Gasteiger partial charge in [0.1, 0.15) is 5.75 Å². The van der Waals surface area contributed by atoms with Crippen molar-refractivity contribution in [1.82, 2.24) is 15.5 Å². The molecule has 0 radical (unpaired) electrons. The molecule has 0 spiro atoms. The Morgan fingerprint density at radius 1 is 1.14 bits per heavy atom. The quantitative estimate of drug-likeness (QED) is 0.307. The summed E-state index contributed by atoms with van der Waals surface area (Å²) in [5, 5.41) is 6.79. The molecular weight excluding hydrogens is 352 g/mol. The Morgan fingerprint density at radius 2 is 1.93 bits per heavy atom. The number of nitrogens with one attached hydrogen (secondary N) is 2. The smallest absolute Gasteiger partial charge is 0.191 e. The first kappa shape index (κ1) is 24.2. The third-order valence-electron chi connectivity index (χ3n) is 4.75. The number of hydrogen-bond acceptors (Lipinski definition) is 4. The van der Waals surface area contributed by atoms with Crippen molar-refractivity contribution in [3.63, 3.8) is 0 Å². The molecule has 1 aromatic rings. The van der Waals surface area contributed by atoms with E-state index < -0.39 is 0 Å². The summed E-state index contributed by atoms with van der Waals surface area (Å²) in [6, 6.07) is 6.91. The summed E-state index contributed by atoms with van der Waals surface area (Å²) in [5.41, 5.74) is 2.32. The van der Waals surface area contributed by atoms with Gasteiger partial charge in [-0.15, -0.1) is 0 Å². The van der Waals surface area contributed by atoms with E-state index in [4.69, 9.17) is 9.47 Å². The lowest BCUT2D eigenvalue weighted by molar-refractivity contribution is 0.171. The predicted octanol–water partition coefficient (Wildman–Crippen LogP) is 3.20. The lowest BCUT2D eigenvalue weighted by atomic mass is 10.1. The van der Waals surface area contributed by atoms with Crippen LogP contribution in [0.1, 0.15) is 44.2 Å². The van der Waals surface area contributed by atoms with Crippen LogP contribution in [0.25, 0.3) is 0 Å². The fraction of sp³-hybridized carbons (Fsp3) is 0.682. The van der Waals surface area contributed by atoms with Crippen LogP contribution in [-0.4, -0.2) is 64.4 Å². The molecule has 1 rings (SSSR count). The van der Waals surface area contributed by atoms with Crippen molar-refractivity contribution in [2.45, 2.75) is 52.6 Å². The second kappa shape index (κ2) is 14.2. The molecule has 0 atom stereocenters. The van der Waals surface area contributed by atoms with Crippen LogP contribution >= 0.6 is 0 Å². The van der Waals surface area contributed by atoms with Gasteiger partial charge >= 0.3 is 0 Å². The predicted molar refractivity (Wildman–Crippen MR) is 118 cm³/mol. The van der Waals surface area contributed by atoms with Crippen molar-refractivity contribution >= 4 is 5.96 Å². The Morgan fingerprint density at radius 3 is 2.61 bits per heavy atom. The van der Waals surface area contributed by atoms with Crippen LogP contribution in [0.3, 0.4) is 0 Å². The lowest BCUT2D eigenvalue weighted by Crippen LogP contribution is -2.37. The molecule has 160 valence electrons. The number of ether oxygens (including phenoxy) is 2. The summed E-state index contributed by atoms with van der Waals surface area (Å²) >= 11 is 0. The van der Waals surface area contributed by atoms with Gasteiger partial charge in [-0.05, 0) is 58.8 Å². The minimum absolute atomic E-state index is 0.600. The van der Waals surface area contributed by atoms with E-state index in [0.29, 0.717) is 25.8 Å². The highest BCUT2D eigenvalue weighted by Crippen LogP contribution is 2.20. The van der Waals surface area contributed by atoms with Crippen molar-refractivity contribution in [2.75, 3.05) is 47.5 Å². The fourth-order valence-electron chi connectivity index (χ4n) is 2.68. The van der Waals surface area contributed by atoms with Gasteiger partial charge in [0.05, 0.1) is 6.61 Å². The van der Waals surface area contributed by atoms with Crippen LogP contribution in [0.4, 0.5) is 0 Å². The molecule has 0 fully saturated rings. The van der Waals surface area contributed by atoms with E-state index in [1.54, 1.807) is 14.2 Å². The van der Waals surface area contributed by atoms with E-state index in [0.717, 1.165) is 43.2 Å². The number of nitrogens with zero attached hydrogens (tertiary/aromatic N) is 2. The van der Waals surface area contributed by atoms with Crippen LogP contribution in [0.5, 0.6) is 5.75 Å². The van der Waals surface area contributed by atoms with Crippen molar-refractivity contribution in [3.05, 3.63) is 29.3 Å². The highest BCUT2D eigenvalue weighted by atomic mass is 16.5. The second-order valence-electron chi connectivity index (χ2n) is 7.44. The zero-order chi connectivity index (χ0) is 20.8. The van der Waals surface area contributed by atoms with Gasteiger partial charge in [-0.1, -0.05) is 12.1 Å². The van der Waals surface area contributed by atoms with Crippen LogP contribution in [0.2, 0.25) is 0 Å². The van der Waals surface area contributed by atoms with E-state index in [1.165, 1.54) is 12.0 Å². The number of rotatable bonds is 13. The number of aliphatic imine (C=N–C) groups is 1. The standard InChI is InChI=1S/C22H40N4O2/c1-18(2)26(5)13-8-7-12-24-22(23-4)25-17-20-11-10-19(3)16-21(20)28-15-9-14-27-6/h10-11,16,18H,7-9,12-15,17H2,1-6H3,(H2,23,24,25). The van der Waals surface area contributed by atoms with Crippen molar-refractivity contribution in [1.29, 1.82) is 0 Å². The van der Waals surface area contributed by atoms with Crippen molar-refractivity contribution < 1.29 is 9.47 Å². The van der Waals surface area contributed by atoms with Gasteiger partial charge < -0.3 is 25.0 Å². The highest BCUT2D eigenvalue weighted by Gasteiger charge is 2.06. The molecule has 0 aliphatic heterocycles. The lowest BCUT2D eigenvalue weighted by Gasteiger charge is -2.20. The topological polar surface area (TPSA) is 58.1 Å². The monoisotopic (exact) mass is 392 g/mol. The van der Waals surface area contributed by atoms with Crippen LogP contribution < -0.4 is 15.4 Å². The Bertz CT molecular complexity index is 576. The Balaban J connectivity index is 2.41. The first-order valence-electron chi connectivity index (χ1n) is 10.3. The summed E-state index contributed by atoms with van der Waals surface area (Å²) < 4.78 is 11.0. The molecule has 0 amide bonds. The zero-order valence-electron chi connectivity index (χ0n) is 18.7. The number of methoxy groups -OCH3 is 1. The molecule has 0 bridgehead atoms. The maximum atomic E-state index is 5.96. The normalized spacial score (nSPS) is 11.9. The summed E-state index contributed by atoms with van der Waals surface area (Å²) in [6.07, 6.45) is 3.18. The van der Waals surface area contributed by atoms with E-state index >= 15 is 0 Å². The van der Waals surface area contributed by atoms with Gasteiger partial charge in [0, 0.05) is 51.9 Å². The molecule has 6 heteroatoms. The number of unbranched alkanes of at least 4 members (excludes halogenated alkanes) is 1. The first-order valence-corrected chi connectivity index (χ1v) is 10.3. The zero-order valence-corrected chi connectivity index (χ0v) is 18.7. The molecule has 28 heavy (non-hydrogen) atoms. The van der Waals surface area contributed by atoms with Gasteiger partial charge in [-0.2, -0.15) is 0 Å². The molecule has 6 nitrogen and oxygen atoms in total.